The molecule has 1 N–H and O–H groups in total. The largest absolute Gasteiger partial charge is 0.482 e. The van der Waals surface area contributed by atoms with Gasteiger partial charge in [-0.1, -0.05) is 20.3 Å². The van der Waals surface area contributed by atoms with Gasteiger partial charge in [0, 0.05) is 22.7 Å². The molecule has 1 unspecified atom stereocenters. The molecule has 2 aliphatic rings. The van der Waals surface area contributed by atoms with Crippen LogP contribution < -0.4 is 5.32 Å². The highest BCUT2D eigenvalue weighted by molar-refractivity contribution is 5.84. The number of hydrogen-bond acceptors (Lipinski definition) is 5. The van der Waals surface area contributed by atoms with Gasteiger partial charge in [-0.3, -0.25) is 14.5 Å². The molecule has 1 aromatic carbocycles. The van der Waals surface area contributed by atoms with Gasteiger partial charge < -0.3 is 10.1 Å². The predicted octanol–water partition coefficient (Wildman–Crippen LogP) is 5.59. The number of aromatic nitrogens is 2. The van der Waals surface area contributed by atoms with Gasteiger partial charge >= 0.3 is 0 Å². The number of rotatable bonds is 8. The van der Waals surface area contributed by atoms with Crippen molar-refractivity contribution in [1.29, 1.82) is 0 Å². The second-order valence-corrected chi connectivity index (χ2v) is 10.5. The Labute approximate surface area is 207 Å². The maximum atomic E-state index is 13.8. The fraction of sp³-hybridized carbons (Fsp3) is 0.536. The molecule has 1 aliphatic heterocycles. The first-order chi connectivity index (χ1) is 16.7. The molecule has 2 heterocycles. The second-order valence-electron chi connectivity index (χ2n) is 10.5. The van der Waals surface area contributed by atoms with E-state index in [4.69, 9.17) is 14.8 Å². The highest BCUT2D eigenvalue weighted by atomic mass is 19.1. The summed E-state index contributed by atoms with van der Waals surface area (Å²) in [6.45, 7) is 8.38. The monoisotopic (exact) mass is 480 g/mol. The van der Waals surface area contributed by atoms with E-state index in [1.807, 2.05) is 16.8 Å². The Morgan fingerprint density at radius 3 is 2.66 bits per heavy atom. The van der Waals surface area contributed by atoms with Crippen LogP contribution in [0.25, 0.3) is 11.3 Å². The average Bonchev–Trinajstić information content (AvgIpc) is 3.23. The molecule has 0 radical (unpaired) electrons. The lowest BCUT2D eigenvalue weighted by atomic mass is 9.65. The van der Waals surface area contributed by atoms with Crippen LogP contribution in [0, 0.1) is 24.1 Å². The van der Waals surface area contributed by atoms with Crippen molar-refractivity contribution in [3.63, 3.8) is 0 Å². The molecule has 0 bridgehead atoms. The van der Waals surface area contributed by atoms with Crippen molar-refractivity contribution in [2.75, 3.05) is 7.11 Å². The molecule has 0 spiro atoms. The minimum Gasteiger partial charge on any atom is -0.482 e. The van der Waals surface area contributed by atoms with Gasteiger partial charge in [0.1, 0.15) is 12.4 Å². The summed E-state index contributed by atoms with van der Waals surface area (Å²) in [5.41, 5.74) is 2.60. The van der Waals surface area contributed by atoms with E-state index in [2.05, 4.69) is 32.2 Å². The number of benzene rings is 1. The molecule has 1 aromatic heterocycles. The molecule has 6 nitrogen and oxygen atoms in total. The van der Waals surface area contributed by atoms with Gasteiger partial charge in [-0.2, -0.15) is 5.10 Å². The van der Waals surface area contributed by atoms with E-state index < -0.39 is 0 Å². The minimum absolute atomic E-state index is 0.223. The van der Waals surface area contributed by atoms with Gasteiger partial charge in [0.05, 0.1) is 24.7 Å². The Morgan fingerprint density at radius 1 is 1.26 bits per heavy atom. The van der Waals surface area contributed by atoms with Crippen molar-refractivity contribution in [2.45, 2.75) is 78.3 Å². The highest BCUT2D eigenvalue weighted by Gasteiger charge is 2.43. The van der Waals surface area contributed by atoms with Crippen molar-refractivity contribution in [3.8, 4) is 11.3 Å². The van der Waals surface area contributed by atoms with Crippen LogP contribution in [0.5, 0.6) is 0 Å². The van der Waals surface area contributed by atoms with Crippen molar-refractivity contribution >= 4 is 12.1 Å². The number of hydrogen-bond donors (Lipinski definition) is 1. The van der Waals surface area contributed by atoms with Crippen LogP contribution in [-0.2, 0) is 22.5 Å². The Bertz CT molecular complexity index is 1140. The quantitative estimate of drug-likeness (QED) is 0.534. The van der Waals surface area contributed by atoms with Gasteiger partial charge in [-0.05, 0) is 81.7 Å². The number of halogens is 1. The minimum atomic E-state index is -0.376. The number of ketones is 1. The first kappa shape index (κ1) is 25.1. The third-order valence-corrected chi connectivity index (χ3v) is 7.90. The van der Waals surface area contributed by atoms with Gasteiger partial charge in [0.15, 0.2) is 11.7 Å². The molecule has 35 heavy (non-hydrogen) atoms. The zero-order valence-electron chi connectivity index (χ0n) is 21.5. The number of nitrogens with zero attached hydrogens (tertiary/aromatic N) is 3. The average molecular weight is 481 g/mol. The van der Waals surface area contributed by atoms with Gasteiger partial charge in [0.25, 0.3) is 0 Å². The number of Topliss-reactive ketones (excluding diaryl/α,β-unsaturated/α-hetero) is 1. The standard InChI is InChI=1S/C28H37FN4O2/c1-6-7-22-15-24(20-8-9-23(29)19(2)14-20)32-33(22)17-25(34)27(3)12-10-21(11-13-27)28(4)16-26(35-5)30-18-31-28/h8-9,14-16,18,21H,6-7,10-13,17H2,1-5H3,(H,30,31). The Balaban J connectivity index is 1.48. The third-order valence-electron chi connectivity index (χ3n) is 7.90. The van der Waals surface area contributed by atoms with Crippen LogP contribution in [0.2, 0.25) is 0 Å². The van der Waals surface area contributed by atoms with Crippen molar-refractivity contribution in [1.82, 2.24) is 15.1 Å². The number of ether oxygens (including phenoxy) is 1. The lowest BCUT2D eigenvalue weighted by molar-refractivity contribution is -0.131. The lowest BCUT2D eigenvalue weighted by Crippen LogP contribution is -2.42. The number of aliphatic imine (C=N–C) groups is 1. The topological polar surface area (TPSA) is 68.5 Å². The maximum absolute atomic E-state index is 13.8. The van der Waals surface area contributed by atoms with Crippen LogP contribution in [0.15, 0.2) is 41.2 Å². The summed E-state index contributed by atoms with van der Waals surface area (Å²) in [6, 6.07) is 7.09. The third kappa shape index (κ3) is 5.19. The first-order valence-electron chi connectivity index (χ1n) is 12.6. The summed E-state index contributed by atoms with van der Waals surface area (Å²) in [7, 11) is 1.65. The summed E-state index contributed by atoms with van der Waals surface area (Å²) in [6.07, 6.45) is 9.12. The first-order valence-corrected chi connectivity index (χ1v) is 12.6. The second kappa shape index (κ2) is 9.96. The molecule has 188 valence electrons. The number of carbonyl (C=O) groups excluding carboxylic acids is 1. The number of nitrogens with one attached hydrogen (secondary N) is 1. The van der Waals surface area contributed by atoms with Crippen molar-refractivity contribution in [3.05, 3.63) is 53.3 Å². The molecule has 1 aliphatic carbocycles. The van der Waals surface area contributed by atoms with Crippen LogP contribution in [0.3, 0.4) is 0 Å². The van der Waals surface area contributed by atoms with Crippen molar-refractivity contribution < 1.29 is 13.9 Å². The summed E-state index contributed by atoms with van der Waals surface area (Å²) in [4.78, 5) is 18.3. The van der Waals surface area contributed by atoms with E-state index in [0.29, 0.717) is 11.5 Å². The van der Waals surface area contributed by atoms with Gasteiger partial charge in [-0.15, -0.1) is 0 Å². The zero-order chi connectivity index (χ0) is 25.2. The fourth-order valence-electron chi connectivity index (χ4n) is 5.36. The predicted molar refractivity (Wildman–Crippen MR) is 137 cm³/mol. The van der Waals surface area contributed by atoms with E-state index in [1.54, 1.807) is 26.4 Å². The summed E-state index contributed by atoms with van der Waals surface area (Å²) < 4.78 is 21.0. The van der Waals surface area contributed by atoms with E-state index in [1.165, 1.54) is 6.07 Å². The van der Waals surface area contributed by atoms with E-state index in [-0.39, 0.29) is 29.1 Å². The van der Waals surface area contributed by atoms with Crippen LogP contribution in [0.4, 0.5) is 4.39 Å². The fourth-order valence-corrected chi connectivity index (χ4v) is 5.36. The number of aryl methyl sites for hydroxylation is 2. The molecule has 7 heteroatoms. The number of carbonyl (C=O) groups is 1. The molecular formula is C28H37FN4O2. The highest BCUT2D eigenvalue weighted by Crippen LogP contribution is 2.45. The summed E-state index contributed by atoms with van der Waals surface area (Å²) >= 11 is 0. The molecule has 4 rings (SSSR count). The molecule has 0 saturated heterocycles. The molecule has 1 saturated carbocycles. The van der Waals surface area contributed by atoms with Gasteiger partial charge in [-0.25, -0.2) is 4.39 Å². The Kier molecular flexibility index (Phi) is 7.15. The summed E-state index contributed by atoms with van der Waals surface area (Å²) in [5.74, 6) is 1.09. The Hall–Kier alpha value is -2.96. The smallest absolute Gasteiger partial charge is 0.189 e. The van der Waals surface area contributed by atoms with E-state index in [9.17, 15) is 9.18 Å². The van der Waals surface area contributed by atoms with Crippen LogP contribution in [0.1, 0.15) is 64.1 Å². The zero-order valence-corrected chi connectivity index (χ0v) is 21.5. The SMILES string of the molecule is CCCc1cc(-c2ccc(F)c(C)c2)nn1CC(=O)C1(C)CCC(C2(C)C=C(OC)NC=N2)CC1. The Morgan fingerprint density at radius 2 is 2.00 bits per heavy atom. The summed E-state index contributed by atoms with van der Waals surface area (Å²) in [5, 5.41) is 7.80. The van der Waals surface area contributed by atoms with Crippen LogP contribution >= 0.6 is 0 Å². The number of methoxy groups -OCH3 is 1. The molecule has 0 amide bonds. The maximum Gasteiger partial charge on any atom is 0.189 e. The van der Waals surface area contributed by atoms with Gasteiger partial charge in [0.2, 0.25) is 0 Å². The molecular weight excluding hydrogens is 443 g/mol. The van der Waals surface area contributed by atoms with E-state index >= 15 is 0 Å². The molecule has 1 fully saturated rings. The van der Waals surface area contributed by atoms with Crippen LogP contribution in [-0.4, -0.2) is 34.6 Å². The molecule has 2 aromatic rings. The molecule has 1 atom stereocenters. The normalized spacial score (nSPS) is 26.2. The van der Waals surface area contributed by atoms with Crippen molar-refractivity contribution in [2.24, 2.45) is 16.3 Å². The lowest BCUT2D eigenvalue weighted by Gasteiger charge is -2.42. The van der Waals surface area contributed by atoms with E-state index in [0.717, 1.165) is 61.4 Å².